The van der Waals surface area contributed by atoms with Gasteiger partial charge in [0.05, 0.1) is 20.8 Å². The Labute approximate surface area is 167 Å². The molecule has 0 atom stereocenters. The third kappa shape index (κ3) is 6.76. The molecule has 160 valence electrons. The zero-order valence-corrected chi connectivity index (χ0v) is 16.7. The number of anilines is 1. The summed E-state index contributed by atoms with van der Waals surface area (Å²) >= 11 is 0.728. The first-order valence-corrected chi connectivity index (χ1v) is 10.0. The minimum Gasteiger partial charge on any atom is -0.496 e. The average molecular weight is 455 g/mol. The van der Waals surface area contributed by atoms with E-state index in [0.717, 1.165) is 11.3 Å². The number of aromatic nitrogens is 1. The summed E-state index contributed by atoms with van der Waals surface area (Å²) in [6, 6.07) is 2.93. The number of alkyl halides is 3. The number of nitrogens with one attached hydrogen (secondary N) is 2. The number of carbonyl (C=O) groups excluding carboxylic acids is 1. The highest BCUT2D eigenvalue weighted by Gasteiger charge is 2.28. The topological polar surface area (TPSA) is 116 Å². The van der Waals surface area contributed by atoms with Gasteiger partial charge in [-0.05, 0) is 11.4 Å². The largest absolute Gasteiger partial charge is 0.496 e. The molecule has 2 heterocycles. The Morgan fingerprint density at radius 1 is 1.24 bits per heavy atom. The quantitative estimate of drug-likeness (QED) is 0.629. The smallest absolute Gasteiger partial charge is 0.411 e. The molecule has 0 bridgehead atoms. The Morgan fingerprint density at radius 2 is 1.97 bits per heavy atom. The van der Waals surface area contributed by atoms with Gasteiger partial charge < -0.3 is 14.2 Å². The summed E-state index contributed by atoms with van der Waals surface area (Å²) < 4.78 is 77.2. The van der Waals surface area contributed by atoms with E-state index < -0.39 is 35.4 Å². The summed E-state index contributed by atoms with van der Waals surface area (Å²) in [6.45, 7) is -2.12. The van der Waals surface area contributed by atoms with Crippen LogP contribution in [0.4, 0.5) is 23.8 Å². The predicted octanol–water partition coefficient (Wildman–Crippen LogP) is 2.75. The molecule has 0 saturated heterocycles. The van der Waals surface area contributed by atoms with Gasteiger partial charge in [0.15, 0.2) is 0 Å². The van der Waals surface area contributed by atoms with Crippen LogP contribution in [0.3, 0.4) is 0 Å². The zero-order valence-electron chi connectivity index (χ0n) is 15.1. The Morgan fingerprint density at radius 3 is 2.59 bits per heavy atom. The van der Waals surface area contributed by atoms with Crippen LogP contribution in [0.1, 0.15) is 5.56 Å². The third-order valence-electron chi connectivity index (χ3n) is 3.16. The number of sulfonamides is 1. The number of ether oxygens (including phenoxy) is 3. The van der Waals surface area contributed by atoms with Gasteiger partial charge in [-0.1, -0.05) is 0 Å². The number of amides is 2. The van der Waals surface area contributed by atoms with Crippen LogP contribution in [-0.2, 0) is 21.4 Å². The van der Waals surface area contributed by atoms with Crippen molar-refractivity contribution < 1.29 is 40.6 Å². The van der Waals surface area contributed by atoms with E-state index in [1.807, 2.05) is 0 Å². The molecule has 0 radical (unpaired) electrons. The maximum Gasteiger partial charge on any atom is 0.411 e. The number of hydrogen-bond acceptors (Lipinski definition) is 8. The molecule has 2 N–H and O–H groups in total. The van der Waals surface area contributed by atoms with Gasteiger partial charge in [-0.15, -0.1) is 11.3 Å². The Bertz CT molecular complexity index is 940. The van der Waals surface area contributed by atoms with Crippen molar-refractivity contribution in [2.45, 2.75) is 17.0 Å². The number of methoxy groups -OCH3 is 2. The van der Waals surface area contributed by atoms with Gasteiger partial charge in [0.1, 0.15) is 22.4 Å². The molecule has 0 aliphatic heterocycles. The molecule has 2 aromatic rings. The van der Waals surface area contributed by atoms with Crippen LogP contribution in [0.5, 0.6) is 11.6 Å². The molecule has 0 spiro atoms. The zero-order chi connectivity index (χ0) is 21.7. The number of thiophene rings is 1. The van der Waals surface area contributed by atoms with Crippen LogP contribution in [-0.4, -0.2) is 46.4 Å². The molecular weight excluding hydrogens is 439 g/mol. The highest BCUT2D eigenvalue weighted by atomic mass is 32.2. The molecule has 0 aromatic carbocycles. The fourth-order valence-corrected chi connectivity index (χ4v) is 4.31. The first kappa shape index (κ1) is 22.7. The molecule has 0 saturated carbocycles. The predicted molar refractivity (Wildman–Crippen MR) is 96.7 cm³/mol. The Balaban J connectivity index is 2.08. The van der Waals surface area contributed by atoms with Crippen LogP contribution in [0.2, 0.25) is 0 Å². The molecule has 14 heteroatoms. The summed E-state index contributed by atoms with van der Waals surface area (Å²) in [7, 11) is -1.64. The molecule has 2 rings (SSSR count). The van der Waals surface area contributed by atoms with Crippen molar-refractivity contribution in [1.82, 2.24) is 9.71 Å². The van der Waals surface area contributed by atoms with Crippen molar-refractivity contribution in [3.63, 3.8) is 0 Å². The molecule has 0 aliphatic rings. The van der Waals surface area contributed by atoms with Gasteiger partial charge in [-0.2, -0.15) is 18.2 Å². The minimum atomic E-state index is -4.54. The lowest BCUT2D eigenvalue weighted by atomic mass is 10.4. The van der Waals surface area contributed by atoms with Gasteiger partial charge in [0, 0.05) is 17.7 Å². The second kappa shape index (κ2) is 9.28. The number of urea groups is 1. The second-order valence-electron chi connectivity index (χ2n) is 5.34. The van der Waals surface area contributed by atoms with Gasteiger partial charge in [0.25, 0.3) is 10.0 Å². The lowest BCUT2D eigenvalue weighted by Crippen LogP contribution is -2.34. The van der Waals surface area contributed by atoms with Gasteiger partial charge in [0.2, 0.25) is 5.88 Å². The van der Waals surface area contributed by atoms with Gasteiger partial charge in [-0.3, -0.25) is 5.32 Å². The fourth-order valence-electron chi connectivity index (χ4n) is 2.02. The number of rotatable bonds is 8. The first-order valence-electron chi connectivity index (χ1n) is 7.69. The number of nitrogens with zero attached hydrogens (tertiary/aromatic N) is 1. The highest BCUT2D eigenvalue weighted by Crippen LogP contribution is 2.25. The lowest BCUT2D eigenvalue weighted by molar-refractivity contribution is -0.176. The van der Waals surface area contributed by atoms with Crippen molar-refractivity contribution in [3.05, 3.63) is 29.1 Å². The summed E-state index contributed by atoms with van der Waals surface area (Å²) in [5.74, 6) is 0.371. The van der Waals surface area contributed by atoms with Crippen LogP contribution in [0.15, 0.2) is 27.8 Å². The summed E-state index contributed by atoms with van der Waals surface area (Å²) in [5, 5.41) is 3.57. The maximum absolute atomic E-state index is 12.4. The molecule has 0 unspecified atom stereocenters. The number of hydrogen-bond donors (Lipinski definition) is 2. The molecule has 9 nitrogen and oxygen atoms in total. The van der Waals surface area contributed by atoms with E-state index in [1.54, 1.807) is 4.72 Å². The molecule has 0 aliphatic carbocycles. The first-order chi connectivity index (χ1) is 13.5. The molecule has 29 heavy (non-hydrogen) atoms. The summed E-state index contributed by atoms with van der Waals surface area (Å²) in [6.07, 6.45) is -4.54. The molecule has 2 aromatic heterocycles. The number of carbonyl (C=O) groups is 1. The minimum absolute atomic E-state index is 0.0132. The summed E-state index contributed by atoms with van der Waals surface area (Å²) in [4.78, 5) is 16.0. The van der Waals surface area contributed by atoms with Crippen molar-refractivity contribution in [2.75, 3.05) is 26.1 Å². The monoisotopic (exact) mass is 455 g/mol. The lowest BCUT2D eigenvalue weighted by Gasteiger charge is -2.11. The van der Waals surface area contributed by atoms with E-state index in [2.05, 4.69) is 15.0 Å². The van der Waals surface area contributed by atoms with E-state index >= 15 is 0 Å². The highest BCUT2D eigenvalue weighted by molar-refractivity contribution is 7.92. The maximum atomic E-state index is 12.4. The third-order valence-corrected chi connectivity index (χ3v) is 6.06. The molecular formula is C15H16F3N3O6S2. The van der Waals surface area contributed by atoms with E-state index in [1.165, 1.54) is 37.8 Å². The van der Waals surface area contributed by atoms with E-state index in [0.29, 0.717) is 5.75 Å². The van der Waals surface area contributed by atoms with E-state index in [-0.39, 0.29) is 21.5 Å². The second-order valence-corrected chi connectivity index (χ2v) is 8.13. The average Bonchev–Trinajstić information content (AvgIpc) is 3.09. The standard InChI is InChI=1S/C15H16F3N3O6S2/c1-25-10-5-11(19-12(6-10)26-2)20-14(22)21-29(23,24)13-9(3-4-28-13)7-27-8-15(16,17)18/h3-6H,7-8H2,1-2H3,(H2,19,20,21,22). The van der Waals surface area contributed by atoms with Crippen molar-refractivity contribution in [1.29, 1.82) is 0 Å². The fraction of sp³-hybridized carbons (Fsp3) is 0.333. The van der Waals surface area contributed by atoms with Crippen LogP contribution in [0, 0.1) is 0 Å². The Kier molecular flexibility index (Phi) is 7.26. The Hall–Kier alpha value is -2.58. The summed E-state index contributed by atoms with van der Waals surface area (Å²) in [5.41, 5.74) is -0.0132. The van der Waals surface area contributed by atoms with Crippen LogP contribution >= 0.6 is 11.3 Å². The SMILES string of the molecule is COc1cc(NC(=O)NS(=O)(=O)c2sccc2COCC(F)(F)F)nc(OC)c1. The van der Waals surface area contributed by atoms with Crippen molar-refractivity contribution in [3.8, 4) is 11.6 Å². The normalized spacial score (nSPS) is 11.8. The molecule has 2 amide bonds. The van der Waals surface area contributed by atoms with Crippen LogP contribution < -0.4 is 19.5 Å². The van der Waals surface area contributed by atoms with E-state index in [4.69, 9.17) is 9.47 Å². The number of halogens is 3. The van der Waals surface area contributed by atoms with Gasteiger partial charge >= 0.3 is 12.2 Å². The molecule has 0 fully saturated rings. The van der Waals surface area contributed by atoms with Crippen molar-refractivity contribution >= 4 is 33.2 Å². The number of pyridine rings is 1. The van der Waals surface area contributed by atoms with Gasteiger partial charge in [-0.25, -0.2) is 17.9 Å². The van der Waals surface area contributed by atoms with Crippen LogP contribution in [0.25, 0.3) is 0 Å². The van der Waals surface area contributed by atoms with Crippen molar-refractivity contribution in [2.24, 2.45) is 0 Å². The van der Waals surface area contributed by atoms with E-state index in [9.17, 15) is 26.4 Å².